The van der Waals surface area contributed by atoms with Crippen molar-refractivity contribution in [3.8, 4) is 17.2 Å². The van der Waals surface area contributed by atoms with Crippen LogP contribution in [0.25, 0.3) is 0 Å². The fraction of sp³-hybridized carbons (Fsp3) is 0.480. The molecule has 0 heterocycles. The van der Waals surface area contributed by atoms with Gasteiger partial charge in [0.2, 0.25) is 5.75 Å². The lowest BCUT2D eigenvalue weighted by Crippen LogP contribution is -2.31. The standard InChI is InChI=1S/C25H35NO4/c1-7-18-11-13-19(14-12-18)23(17(5)6)26-25(27)20-15-21(28-8-2)24(30-10-4)22(16-20)29-9-3/h11-17,23H,7-10H2,1-6H3,(H,26,27)/t23-/m1/s1. The molecule has 5 heteroatoms. The van der Waals surface area contributed by atoms with Gasteiger partial charge in [-0.2, -0.15) is 0 Å². The molecule has 5 nitrogen and oxygen atoms in total. The molecule has 0 aliphatic rings. The minimum Gasteiger partial charge on any atom is -0.490 e. The first-order valence-electron chi connectivity index (χ1n) is 10.9. The maximum absolute atomic E-state index is 13.2. The van der Waals surface area contributed by atoms with Crippen LogP contribution in [0.15, 0.2) is 36.4 Å². The van der Waals surface area contributed by atoms with Gasteiger partial charge in [-0.05, 0) is 56.4 Å². The highest BCUT2D eigenvalue weighted by atomic mass is 16.5. The van der Waals surface area contributed by atoms with Gasteiger partial charge in [0.25, 0.3) is 5.91 Å². The molecule has 1 N–H and O–H groups in total. The first-order valence-corrected chi connectivity index (χ1v) is 10.9. The third kappa shape index (κ3) is 5.91. The average molecular weight is 414 g/mol. The number of hydrogen-bond acceptors (Lipinski definition) is 4. The number of ether oxygens (including phenoxy) is 3. The summed E-state index contributed by atoms with van der Waals surface area (Å²) in [4.78, 5) is 13.2. The Morgan fingerprint density at radius 2 is 1.40 bits per heavy atom. The first kappa shape index (κ1) is 23.6. The molecule has 0 bridgehead atoms. The SMILES string of the molecule is CCOc1cc(C(=O)N[C@@H](c2ccc(CC)cc2)C(C)C)cc(OCC)c1OCC. The molecule has 0 radical (unpaired) electrons. The number of hydrogen-bond donors (Lipinski definition) is 1. The van der Waals surface area contributed by atoms with Gasteiger partial charge in [-0.15, -0.1) is 0 Å². The quantitative estimate of drug-likeness (QED) is 0.523. The third-order valence-electron chi connectivity index (χ3n) is 4.87. The molecule has 0 unspecified atom stereocenters. The van der Waals surface area contributed by atoms with Crippen LogP contribution in [0, 0.1) is 5.92 Å². The molecule has 0 fully saturated rings. The van der Waals surface area contributed by atoms with E-state index in [1.165, 1.54) is 5.56 Å². The fourth-order valence-corrected chi connectivity index (χ4v) is 3.34. The van der Waals surface area contributed by atoms with Crippen molar-refractivity contribution in [2.24, 2.45) is 5.92 Å². The van der Waals surface area contributed by atoms with E-state index in [2.05, 4.69) is 50.4 Å². The summed E-state index contributed by atoms with van der Waals surface area (Å²) in [5.74, 6) is 1.64. The van der Waals surface area contributed by atoms with Gasteiger partial charge in [-0.3, -0.25) is 4.79 Å². The largest absolute Gasteiger partial charge is 0.490 e. The van der Waals surface area contributed by atoms with Crippen molar-refractivity contribution >= 4 is 5.91 Å². The van der Waals surface area contributed by atoms with E-state index in [0.717, 1.165) is 12.0 Å². The summed E-state index contributed by atoms with van der Waals surface area (Å²) in [5, 5.41) is 3.19. The predicted octanol–water partition coefficient (Wildman–Crippen LogP) is 5.57. The number of amides is 1. The number of nitrogens with one attached hydrogen (secondary N) is 1. The van der Waals surface area contributed by atoms with Crippen LogP contribution in [-0.2, 0) is 6.42 Å². The highest BCUT2D eigenvalue weighted by molar-refractivity contribution is 5.96. The van der Waals surface area contributed by atoms with Crippen molar-refractivity contribution in [2.75, 3.05) is 19.8 Å². The van der Waals surface area contributed by atoms with Crippen LogP contribution in [-0.4, -0.2) is 25.7 Å². The second-order valence-electron chi connectivity index (χ2n) is 7.39. The van der Waals surface area contributed by atoms with E-state index in [9.17, 15) is 4.79 Å². The van der Waals surface area contributed by atoms with Crippen molar-refractivity contribution < 1.29 is 19.0 Å². The molecule has 0 spiro atoms. The lowest BCUT2D eigenvalue weighted by Gasteiger charge is -2.24. The number of rotatable bonds is 11. The van der Waals surface area contributed by atoms with Gasteiger partial charge >= 0.3 is 0 Å². The zero-order chi connectivity index (χ0) is 22.1. The Morgan fingerprint density at radius 1 is 0.867 bits per heavy atom. The third-order valence-corrected chi connectivity index (χ3v) is 4.87. The normalized spacial score (nSPS) is 11.8. The van der Waals surface area contributed by atoms with Crippen LogP contribution >= 0.6 is 0 Å². The number of carbonyl (C=O) groups excluding carboxylic acids is 1. The topological polar surface area (TPSA) is 56.8 Å². The second-order valence-corrected chi connectivity index (χ2v) is 7.39. The van der Waals surface area contributed by atoms with Crippen molar-refractivity contribution in [3.63, 3.8) is 0 Å². The van der Waals surface area contributed by atoms with Gasteiger partial charge in [0, 0.05) is 5.56 Å². The van der Waals surface area contributed by atoms with E-state index < -0.39 is 0 Å². The van der Waals surface area contributed by atoms with Gasteiger partial charge in [0.05, 0.1) is 25.9 Å². The molecule has 0 saturated heterocycles. The molecule has 2 rings (SSSR count). The minimum absolute atomic E-state index is 0.0962. The second kappa shape index (κ2) is 11.5. The lowest BCUT2D eigenvalue weighted by molar-refractivity contribution is 0.0924. The van der Waals surface area contributed by atoms with Crippen LogP contribution in [0.4, 0.5) is 0 Å². The molecule has 164 valence electrons. The number of aryl methyl sites for hydroxylation is 1. The Balaban J connectivity index is 2.36. The number of carbonyl (C=O) groups is 1. The molecule has 1 atom stereocenters. The number of benzene rings is 2. The molecule has 0 aliphatic carbocycles. The van der Waals surface area contributed by atoms with Crippen molar-refractivity contribution in [3.05, 3.63) is 53.1 Å². The Morgan fingerprint density at radius 3 is 1.83 bits per heavy atom. The molecule has 0 aliphatic heterocycles. The van der Waals surface area contributed by atoms with Gasteiger partial charge in [-0.1, -0.05) is 45.0 Å². The highest BCUT2D eigenvalue weighted by Crippen LogP contribution is 2.39. The summed E-state index contributed by atoms with van der Waals surface area (Å²) in [7, 11) is 0. The van der Waals surface area contributed by atoms with Crippen LogP contribution in [0.5, 0.6) is 17.2 Å². The van der Waals surface area contributed by atoms with E-state index in [1.807, 2.05) is 20.8 Å². The Labute approximate surface area is 180 Å². The van der Waals surface area contributed by atoms with Gasteiger partial charge in [0.15, 0.2) is 11.5 Å². The maximum Gasteiger partial charge on any atom is 0.252 e. The summed E-state index contributed by atoms with van der Waals surface area (Å²) < 4.78 is 17.2. The van der Waals surface area contributed by atoms with Gasteiger partial charge < -0.3 is 19.5 Å². The van der Waals surface area contributed by atoms with E-state index in [-0.39, 0.29) is 17.9 Å². The van der Waals surface area contributed by atoms with E-state index in [4.69, 9.17) is 14.2 Å². The zero-order valence-electron chi connectivity index (χ0n) is 19.1. The lowest BCUT2D eigenvalue weighted by atomic mass is 9.94. The summed E-state index contributed by atoms with van der Waals surface area (Å²) in [6, 6.07) is 11.8. The summed E-state index contributed by atoms with van der Waals surface area (Å²) in [5.41, 5.74) is 2.86. The van der Waals surface area contributed by atoms with Gasteiger partial charge in [0.1, 0.15) is 0 Å². The Bertz CT molecular complexity index is 787. The van der Waals surface area contributed by atoms with Crippen LogP contribution in [0.1, 0.15) is 69.1 Å². The van der Waals surface area contributed by atoms with Crippen LogP contribution in [0.2, 0.25) is 0 Å². The fourth-order valence-electron chi connectivity index (χ4n) is 3.34. The van der Waals surface area contributed by atoms with E-state index in [1.54, 1.807) is 12.1 Å². The molecule has 1 amide bonds. The smallest absolute Gasteiger partial charge is 0.252 e. The maximum atomic E-state index is 13.2. The molecule has 2 aromatic rings. The molecule has 0 saturated carbocycles. The Hall–Kier alpha value is -2.69. The molecular weight excluding hydrogens is 378 g/mol. The molecule has 30 heavy (non-hydrogen) atoms. The molecular formula is C25H35NO4. The molecule has 2 aromatic carbocycles. The van der Waals surface area contributed by atoms with E-state index >= 15 is 0 Å². The monoisotopic (exact) mass is 413 g/mol. The summed E-state index contributed by atoms with van der Waals surface area (Å²) >= 11 is 0. The average Bonchev–Trinajstić information content (AvgIpc) is 2.74. The van der Waals surface area contributed by atoms with Crippen molar-refractivity contribution in [1.29, 1.82) is 0 Å². The first-order chi connectivity index (χ1) is 14.4. The summed E-state index contributed by atoms with van der Waals surface area (Å²) in [6.07, 6.45) is 0.992. The highest BCUT2D eigenvalue weighted by Gasteiger charge is 2.22. The summed E-state index contributed by atoms with van der Waals surface area (Å²) in [6.45, 7) is 13.5. The van der Waals surface area contributed by atoms with Crippen LogP contribution < -0.4 is 19.5 Å². The van der Waals surface area contributed by atoms with Crippen molar-refractivity contribution in [1.82, 2.24) is 5.32 Å². The van der Waals surface area contributed by atoms with Crippen LogP contribution in [0.3, 0.4) is 0 Å². The van der Waals surface area contributed by atoms with E-state index in [0.29, 0.717) is 42.6 Å². The minimum atomic E-state index is -0.168. The molecule has 0 aromatic heterocycles. The van der Waals surface area contributed by atoms with Gasteiger partial charge in [-0.25, -0.2) is 0 Å². The Kier molecular flexibility index (Phi) is 9.03. The zero-order valence-corrected chi connectivity index (χ0v) is 19.1. The predicted molar refractivity (Wildman–Crippen MR) is 121 cm³/mol. The van der Waals surface area contributed by atoms with Crippen molar-refractivity contribution in [2.45, 2.75) is 54.0 Å².